The Bertz CT molecular complexity index is 172. The van der Waals surface area contributed by atoms with E-state index in [1.54, 1.807) is 0 Å². The first-order valence-electron chi connectivity index (χ1n) is 6.98. The van der Waals surface area contributed by atoms with Crippen LogP contribution in [0.3, 0.4) is 0 Å². The average molecular weight is 409 g/mol. The second-order valence-electron chi connectivity index (χ2n) is 4.33. The van der Waals surface area contributed by atoms with Crippen molar-refractivity contribution in [1.29, 1.82) is 0 Å². The first-order chi connectivity index (χ1) is 9.70. The molecule has 20 heavy (non-hydrogen) atoms. The van der Waals surface area contributed by atoms with E-state index in [1.807, 2.05) is 47.0 Å². The zero-order valence-electron chi connectivity index (χ0n) is 12.2. The van der Waals surface area contributed by atoms with Crippen molar-refractivity contribution in [2.24, 2.45) is 0 Å². The molecule has 0 aromatic rings. The quantitative estimate of drug-likeness (QED) is 0.261. The van der Waals surface area contributed by atoms with Crippen molar-refractivity contribution in [2.45, 2.75) is 23.8 Å². The monoisotopic (exact) mass is 408 g/mol. The number of rotatable bonds is 15. The fourth-order valence-electron chi connectivity index (χ4n) is 1.30. The minimum Gasteiger partial charge on any atom is -0.179 e. The molecule has 0 heterocycles. The maximum atomic E-state index is 4.64. The van der Waals surface area contributed by atoms with E-state index in [2.05, 4.69) is 44.8 Å². The summed E-state index contributed by atoms with van der Waals surface area (Å²) < 4.78 is 0. The molecule has 0 amide bonds. The Labute approximate surface area is 159 Å². The van der Waals surface area contributed by atoms with Crippen molar-refractivity contribution in [3.8, 4) is 0 Å². The van der Waals surface area contributed by atoms with Gasteiger partial charge >= 0.3 is 0 Å². The predicted molar refractivity (Wildman–Crippen MR) is 119 cm³/mol. The van der Waals surface area contributed by atoms with E-state index in [1.165, 1.54) is 40.9 Å². The maximum Gasteiger partial charge on any atom is 0.0198 e. The average Bonchev–Trinajstić information content (AvgIpc) is 2.43. The first kappa shape index (κ1) is 22.4. The predicted octanol–water partition coefficient (Wildman–Crippen LogP) is 4.86. The van der Waals surface area contributed by atoms with Gasteiger partial charge in [0, 0.05) is 50.8 Å². The summed E-state index contributed by atoms with van der Waals surface area (Å²) in [6.45, 7) is 2.23. The fourth-order valence-corrected chi connectivity index (χ4v) is 6.84. The highest BCUT2D eigenvalue weighted by Gasteiger charge is 2.05. The van der Waals surface area contributed by atoms with Gasteiger partial charge in [-0.25, -0.2) is 0 Å². The lowest BCUT2D eigenvalue weighted by Crippen LogP contribution is -2.09. The number of thioether (sulfide) groups is 4. The lowest BCUT2D eigenvalue weighted by Gasteiger charge is -2.11. The minimum absolute atomic E-state index is 0.526. The van der Waals surface area contributed by atoms with E-state index in [0.29, 0.717) is 10.5 Å². The third-order valence-electron chi connectivity index (χ3n) is 2.20. The Morgan fingerprint density at radius 1 is 0.700 bits per heavy atom. The molecule has 0 saturated carbocycles. The zero-order chi connectivity index (χ0) is 15.1. The Morgan fingerprint density at radius 2 is 1.10 bits per heavy atom. The summed E-state index contributed by atoms with van der Waals surface area (Å²) in [6.07, 6.45) is 1.27. The van der Waals surface area contributed by atoms with Crippen molar-refractivity contribution in [1.82, 2.24) is 0 Å². The maximum absolute atomic E-state index is 4.64. The van der Waals surface area contributed by atoms with Gasteiger partial charge in [-0.3, -0.25) is 0 Å². The molecule has 0 nitrogen and oxygen atoms in total. The van der Waals surface area contributed by atoms with Gasteiger partial charge in [-0.2, -0.15) is 84.9 Å². The van der Waals surface area contributed by atoms with E-state index in [4.69, 9.17) is 0 Å². The molecule has 0 aromatic carbocycles. The number of hydrogen-bond acceptors (Lipinski definition) is 7. The Hall–Kier alpha value is 2.45. The molecule has 0 aliphatic rings. The van der Waals surface area contributed by atoms with Crippen LogP contribution < -0.4 is 0 Å². The highest BCUT2D eigenvalue weighted by Crippen LogP contribution is 2.17. The molecule has 0 radical (unpaired) electrons. The molecule has 0 rings (SSSR count). The zero-order valence-corrected chi connectivity index (χ0v) is 18.1. The standard InChI is InChI=1S/C13H28S7/c1-2-4-17-8-12(15)10-19-6-7-20-11-13(16)9-18-5-3-14/h12-16H,2-11H2,1H3. The van der Waals surface area contributed by atoms with Crippen molar-refractivity contribution in [3.05, 3.63) is 0 Å². The number of hydrogen-bond donors (Lipinski definition) is 3. The van der Waals surface area contributed by atoms with Crippen molar-refractivity contribution < 1.29 is 0 Å². The molecule has 2 atom stereocenters. The van der Waals surface area contributed by atoms with Crippen molar-refractivity contribution >= 4 is 84.9 Å². The normalized spacial score (nSPS) is 14.4. The first-order valence-corrected chi connectivity index (χ1v) is 13.3. The Balaban J connectivity index is 3.22. The topological polar surface area (TPSA) is 0 Å². The second kappa shape index (κ2) is 17.8. The molecule has 0 aliphatic heterocycles. The lowest BCUT2D eigenvalue weighted by atomic mass is 10.5. The molecule has 0 N–H and O–H groups in total. The van der Waals surface area contributed by atoms with E-state index in [0.717, 1.165) is 17.3 Å². The summed E-state index contributed by atoms with van der Waals surface area (Å²) in [5.74, 6) is 10.5. The van der Waals surface area contributed by atoms with Crippen LogP contribution in [-0.4, -0.2) is 62.3 Å². The van der Waals surface area contributed by atoms with Crippen LogP contribution in [0.1, 0.15) is 13.3 Å². The molecule has 0 aliphatic carbocycles. The molecular weight excluding hydrogens is 381 g/mol. The summed E-state index contributed by atoms with van der Waals surface area (Å²) in [5, 5.41) is 1.08. The van der Waals surface area contributed by atoms with Gasteiger partial charge in [-0.1, -0.05) is 6.92 Å². The van der Waals surface area contributed by atoms with Gasteiger partial charge < -0.3 is 0 Å². The molecule has 0 saturated heterocycles. The lowest BCUT2D eigenvalue weighted by molar-refractivity contribution is 1.09. The largest absolute Gasteiger partial charge is 0.179 e. The van der Waals surface area contributed by atoms with Gasteiger partial charge in [-0.05, 0) is 17.9 Å². The summed E-state index contributed by atoms with van der Waals surface area (Å²) >= 11 is 21.5. The molecule has 0 fully saturated rings. The van der Waals surface area contributed by atoms with Gasteiger partial charge in [0.15, 0.2) is 0 Å². The van der Waals surface area contributed by atoms with Gasteiger partial charge in [0.25, 0.3) is 0 Å². The van der Waals surface area contributed by atoms with Crippen LogP contribution in [-0.2, 0) is 0 Å². The summed E-state index contributed by atoms with van der Waals surface area (Å²) in [5.41, 5.74) is 0. The summed E-state index contributed by atoms with van der Waals surface area (Å²) in [4.78, 5) is 0. The van der Waals surface area contributed by atoms with Crippen LogP contribution in [0.15, 0.2) is 0 Å². The minimum atomic E-state index is 0.526. The van der Waals surface area contributed by atoms with Crippen LogP contribution in [0, 0.1) is 0 Å². The molecule has 0 aromatic heterocycles. The van der Waals surface area contributed by atoms with Gasteiger partial charge in [0.1, 0.15) is 0 Å². The van der Waals surface area contributed by atoms with E-state index in [9.17, 15) is 0 Å². The van der Waals surface area contributed by atoms with Crippen molar-refractivity contribution in [2.75, 3.05) is 51.8 Å². The van der Waals surface area contributed by atoms with Gasteiger partial charge in [0.05, 0.1) is 0 Å². The highest BCUT2D eigenvalue weighted by atomic mass is 32.2. The van der Waals surface area contributed by atoms with Crippen LogP contribution >= 0.6 is 84.9 Å². The summed E-state index contributed by atoms with van der Waals surface area (Å²) in [6, 6.07) is 0. The highest BCUT2D eigenvalue weighted by molar-refractivity contribution is 8.04. The van der Waals surface area contributed by atoms with E-state index >= 15 is 0 Å². The SMILES string of the molecule is CCCSCC(S)CSCCSCC(S)CSCCS. The van der Waals surface area contributed by atoms with Gasteiger partial charge in [-0.15, -0.1) is 0 Å². The Kier molecular flexibility index (Phi) is 20.0. The molecule has 0 spiro atoms. The Morgan fingerprint density at radius 3 is 1.50 bits per heavy atom. The molecular formula is C13H28S7. The van der Waals surface area contributed by atoms with Crippen molar-refractivity contribution in [3.63, 3.8) is 0 Å². The van der Waals surface area contributed by atoms with Gasteiger partial charge in [0.2, 0.25) is 0 Å². The van der Waals surface area contributed by atoms with E-state index < -0.39 is 0 Å². The van der Waals surface area contributed by atoms with E-state index in [-0.39, 0.29) is 0 Å². The molecule has 0 bridgehead atoms. The second-order valence-corrected chi connectivity index (χ2v) is 10.8. The number of thiol groups is 3. The van der Waals surface area contributed by atoms with Crippen LogP contribution in [0.5, 0.6) is 0 Å². The van der Waals surface area contributed by atoms with Crippen LogP contribution in [0.4, 0.5) is 0 Å². The smallest absolute Gasteiger partial charge is 0.0198 e. The van der Waals surface area contributed by atoms with Crippen LogP contribution in [0.25, 0.3) is 0 Å². The van der Waals surface area contributed by atoms with Crippen LogP contribution in [0.2, 0.25) is 0 Å². The molecule has 122 valence electrons. The molecule has 7 heteroatoms. The molecule has 2 unspecified atom stereocenters. The third-order valence-corrected chi connectivity index (χ3v) is 9.43. The fraction of sp³-hybridized carbons (Fsp3) is 1.00. The third kappa shape index (κ3) is 16.8. The summed E-state index contributed by atoms with van der Waals surface area (Å²) in [7, 11) is 0.